The highest BCUT2D eigenvalue weighted by atomic mass is 16.1. The van der Waals surface area contributed by atoms with E-state index in [9.17, 15) is 4.79 Å². The van der Waals surface area contributed by atoms with Crippen LogP contribution in [-0.4, -0.2) is 16.2 Å². The van der Waals surface area contributed by atoms with Crippen molar-refractivity contribution in [3.63, 3.8) is 0 Å². The number of hydrogen-bond acceptors (Lipinski definition) is 4. The number of aromatic nitrogens is 2. The lowest BCUT2D eigenvalue weighted by Crippen LogP contribution is -2.08. The van der Waals surface area contributed by atoms with Crippen molar-refractivity contribution >= 4 is 17.7 Å². The van der Waals surface area contributed by atoms with Gasteiger partial charge in [0.15, 0.2) is 11.5 Å². The molecule has 3 N–H and O–H groups in total. The van der Waals surface area contributed by atoms with Gasteiger partial charge in [0.2, 0.25) is 0 Å². The Morgan fingerprint density at radius 1 is 1.31 bits per heavy atom. The number of rotatable bonds is 2. The number of benzene rings is 1. The van der Waals surface area contributed by atoms with Gasteiger partial charge in [-0.15, -0.1) is 0 Å². The number of hydrogen-bond donors (Lipinski definition) is 2. The fourth-order valence-corrected chi connectivity index (χ4v) is 1.21. The zero-order chi connectivity index (χ0) is 11.4. The summed E-state index contributed by atoms with van der Waals surface area (Å²) in [5.41, 5.74) is 6.22. The highest BCUT2D eigenvalue weighted by Gasteiger charge is 2.01. The van der Waals surface area contributed by atoms with E-state index in [1.165, 1.54) is 6.33 Å². The Morgan fingerprint density at radius 2 is 2.06 bits per heavy atom. The summed E-state index contributed by atoms with van der Waals surface area (Å²) < 4.78 is 0. The molecule has 1 heterocycles. The number of anilines is 1. The fraction of sp³-hybridized carbons (Fsp3) is 0. The minimum Gasteiger partial charge on any atom is -0.382 e. The molecule has 0 bridgehead atoms. The summed E-state index contributed by atoms with van der Waals surface area (Å²) in [5, 5.41) is 0. The van der Waals surface area contributed by atoms with Crippen LogP contribution in [0.15, 0.2) is 46.4 Å². The molecule has 0 atom stereocenters. The van der Waals surface area contributed by atoms with E-state index in [1.807, 2.05) is 30.3 Å². The molecule has 0 saturated heterocycles. The summed E-state index contributed by atoms with van der Waals surface area (Å²) in [4.78, 5) is 21.6. The largest absolute Gasteiger partial charge is 0.382 e. The van der Waals surface area contributed by atoms with Gasteiger partial charge < -0.3 is 10.7 Å². The van der Waals surface area contributed by atoms with Gasteiger partial charge in [-0.05, 0) is 5.56 Å². The standard InChI is InChI=1S/C11H10N4O/c12-10-9(11(16)15-7-14-10)13-6-8-4-2-1-3-5-8/h1-7H,(H3,12,14,15,16). The van der Waals surface area contributed by atoms with E-state index < -0.39 is 0 Å². The van der Waals surface area contributed by atoms with E-state index in [0.717, 1.165) is 5.56 Å². The quantitative estimate of drug-likeness (QED) is 0.734. The Kier molecular flexibility index (Phi) is 2.77. The first-order valence-electron chi connectivity index (χ1n) is 4.69. The molecule has 2 rings (SSSR count). The maximum atomic E-state index is 11.4. The molecule has 80 valence electrons. The number of aliphatic imine (C=N–C) groups is 1. The Morgan fingerprint density at radius 3 is 2.75 bits per heavy atom. The van der Waals surface area contributed by atoms with Crippen LogP contribution in [0.25, 0.3) is 0 Å². The van der Waals surface area contributed by atoms with Crippen molar-refractivity contribution < 1.29 is 0 Å². The third-order valence-corrected chi connectivity index (χ3v) is 2.00. The topological polar surface area (TPSA) is 84.1 Å². The molecule has 0 amide bonds. The summed E-state index contributed by atoms with van der Waals surface area (Å²) in [6.07, 6.45) is 2.82. The number of H-pyrrole nitrogens is 1. The predicted molar refractivity (Wildman–Crippen MR) is 63.0 cm³/mol. The molecule has 1 aromatic carbocycles. The van der Waals surface area contributed by atoms with Gasteiger partial charge in [0.1, 0.15) is 0 Å². The van der Waals surface area contributed by atoms with Gasteiger partial charge in [0.05, 0.1) is 6.33 Å². The predicted octanol–water partition coefficient (Wildman–Crippen LogP) is 1.10. The van der Waals surface area contributed by atoms with Crippen molar-refractivity contribution in [2.75, 3.05) is 5.73 Å². The smallest absolute Gasteiger partial charge is 0.278 e. The molecule has 0 radical (unpaired) electrons. The molecular weight excluding hydrogens is 204 g/mol. The van der Waals surface area contributed by atoms with Crippen LogP contribution in [0.1, 0.15) is 5.56 Å². The first kappa shape index (κ1) is 10.1. The molecule has 16 heavy (non-hydrogen) atoms. The lowest BCUT2D eigenvalue weighted by Gasteiger charge is -1.96. The van der Waals surface area contributed by atoms with Crippen LogP contribution in [-0.2, 0) is 0 Å². The first-order chi connectivity index (χ1) is 7.77. The van der Waals surface area contributed by atoms with Crippen LogP contribution in [0.2, 0.25) is 0 Å². The summed E-state index contributed by atoms with van der Waals surface area (Å²) in [6, 6.07) is 9.44. The maximum Gasteiger partial charge on any atom is 0.278 e. The van der Waals surface area contributed by atoms with E-state index in [4.69, 9.17) is 5.73 Å². The molecule has 0 aliphatic heterocycles. The van der Waals surface area contributed by atoms with E-state index in [2.05, 4.69) is 15.0 Å². The molecule has 0 spiro atoms. The maximum absolute atomic E-state index is 11.4. The van der Waals surface area contributed by atoms with Gasteiger partial charge in [0, 0.05) is 6.21 Å². The van der Waals surface area contributed by atoms with Gasteiger partial charge in [-0.1, -0.05) is 30.3 Å². The second-order valence-corrected chi connectivity index (χ2v) is 3.13. The Balaban J connectivity index is 2.35. The molecule has 0 fully saturated rings. The van der Waals surface area contributed by atoms with Gasteiger partial charge in [-0.25, -0.2) is 9.98 Å². The molecule has 0 saturated carbocycles. The molecule has 0 aliphatic carbocycles. The summed E-state index contributed by atoms with van der Waals surface area (Å²) in [6.45, 7) is 0. The van der Waals surface area contributed by atoms with E-state index in [-0.39, 0.29) is 17.1 Å². The second-order valence-electron chi connectivity index (χ2n) is 3.13. The Hall–Kier alpha value is -2.43. The molecule has 0 unspecified atom stereocenters. The number of nitrogens with zero attached hydrogens (tertiary/aromatic N) is 2. The summed E-state index contributed by atoms with van der Waals surface area (Å²) in [5.74, 6) is 0.121. The molecule has 2 aromatic rings. The van der Waals surface area contributed by atoms with Crippen molar-refractivity contribution in [3.8, 4) is 0 Å². The normalized spacial score (nSPS) is 10.8. The number of aromatic amines is 1. The number of nitrogen functional groups attached to an aromatic ring is 1. The van der Waals surface area contributed by atoms with Crippen LogP contribution in [0.3, 0.4) is 0 Å². The van der Waals surface area contributed by atoms with Crippen LogP contribution >= 0.6 is 0 Å². The van der Waals surface area contributed by atoms with Gasteiger partial charge in [0.25, 0.3) is 5.56 Å². The Labute approximate surface area is 91.7 Å². The number of nitrogens with two attached hydrogens (primary N) is 1. The minimum atomic E-state index is -0.348. The third-order valence-electron chi connectivity index (χ3n) is 2.00. The van der Waals surface area contributed by atoms with Gasteiger partial charge in [-0.2, -0.15) is 0 Å². The van der Waals surface area contributed by atoms with Crippen LogP contribution in [0.5, 0.6) is 0 Å². The summed E-state index contributed by atoms with van der Waals surface area (Å²) in [7, 11) is 0. The van der Waals surface area contributed by atoms with Crippen molar-refractivity contribution in [1.82, 2.24) is 9.97 Å². The van der Waals surface area contributed by atoms with Crippen LogP contribution in [0.4, 0.5) is 11.5 Å². The monoisotopic (exact) mass is 214 g/mol. The molecule has 5 heteroatoms. The van der Waals surface area contributed by atoms with Crippen molar-refractivity contribution in [2.45, 2.75) is 0 Å². The third kappa shape index (κ3) is 2.14. The van der Waals surface area contributed by atoms with Crippen molar-refractivity contribution in [1.29, 1.82) is 0 Å². The highest BCUT2D eigenvalue weighted by molar-refractivity contribution is 5.82. The average Bonchev–Trinajstić information content (AvgIpc) is 2.30. The summed E-state index contributed by atoms with van der Waals surface area (Å²) >= 11 is 0. The second kappa shape index (κ2) is 4.39. The number of nitrogens with one attached hydrogen (secondary N) is 1. The molecular formula is C11H10N4O. The average molecular weight is 214 g/mol. The zero-order valence-corrected chi connectivity index (χ0v) is 8.42. The lowest BCUT2D eigenvalue weighted by atomic mass is 10.2. The first-order valence-corrected chi connectivity index (χ1v) is 4.69. The minimum absolute atomic E-state index is 0.121. The molecule has 0 aliphatic rings. The van der Waals surface area contributed by atoms with Crippen LogP contribution < -0.4 is 11.3 Å². The van der Waals surface area contributed by atoms with E-state index in [0.29, 0.717) is 0 Å². The zero-order valence-electron chi connectivity index (χ0n) is 8.42. The van der Waals surface area contributed by atoms with Gasteiger partial charge in [-0.3, -0.25) is 4.79 Å². The fourth-order valence-electron chi connectivity index (χ4n) is 1.21. The highest BCUT2D eigenvalue weighted by Crippen LogP contribution is 2.11. The van der Waals surface area contributed by atoms with Gasteiger partial charge >= 0.3 is 0 Å². The SMILES string of the molecule is Nc1nc[nH]c(=O)c1N=Cc1ccccc1. The molecule has 1 aromatic heterocycles. The van der Waals surface area contributed by atoms with Crippen molar-refractivity contribution in [3.05, 3.63) is 52.6 Å². The van der Waals surface area contributed by atoms with Crippen molar-refractivity contribution in [2.24, 2.45) is 4.99 Å². The Bertz CT molecular complexity index is 560. The van der Waals surface area contributed by atoms with Crippen LogP contribution in [0, 0.1) is 0 Å². The van der Waals surface area contributed by atoms with E-state index >= 15 is 0 Å². The lowest BCUT2D eigenvalue weighted by molar-refractivity contribution is 1.12. The van der Waals surface area contributed by atoms with E-state index in [1.54, 1.807) is 6.21 Å². The molecule has 5 nitrogen and oxygen atoms in total.